The van der Waals surface area contributed by atoms with Crippen molar-refractivity contribution < 1.29 is 7.65 Å². The zero-order chi connectivity index (χ0) is 7.49. The molecular formula is C6H12InO2. The van der Waals surface area contributed by atoms with Gasteiger partial charge in [-0.25, -0.2) is 0 Å². The van der Waals surface area contributed by atoms with Crippen molar-refractivity contribution in [3.8, 4) is 0 Å². The summed E-state index contributed by atoms with van der Waals surface area (Å²) in [4.78, 5) is 10.9. The fraction of sp³-hybridized carbons (Fsp3) is 0.833. The molecular weight excluding hydrogens is 219 g/mol. The van der Waals surface area contributed by atoms with Gasteiger partial charge in [0.05, 0.1) is 0 Å². The van der Waals surface area contributed by atoms with Crippen LogP contribution < -0.4 is 0 Å². The number of hydrogen-bond acceptors (Lipinski definition) is 2. The van der Waals surface area contributed by atoms with Crippen LogP contribution in [0.4, 0.5) is 0 Å². The molecule has 0 heterocycles. The fourth-order valence-electron chi connectivity index (χ4n) is 0.284. The SMILES string of the molecule is [CH3][In][O]C(=O)C(C)(C)C. The second-order valence-electron chi connectivity index (χ2n) is 2.89. The van der Waals surface area contributed by atoms with Crippen LogP contribution in [0.15, 0.2) is 0 Å². The molecule has 0 unspecified atom stereocenters. The van der Waals surface area contributed by atoms with Crippen LogP contribution in [0, 0.1) is 5.41 Å². The number of rotatable bonds is 1. The molecule has 2 nitrogen and oxygen atoms in total. The fourth-order valence-corrected chi connectivity index (χ4v) is 1.90. The maximum atomic E-state index is 10.9. The summed E-state index contributed by atoms with van der Waals surface area (Å²) in [6, 6.07) is 0. The van der Waals surface area contributed by atoms with Gasteiger partial charge in [0, 0.05) is 0 Å². The molecule has 0 amide bonds. The predicted octanol–water partition coefficient (Wildman–Crippen LogP) is 1.24. The average Bonchev–Trinajstić information content (AvgIpc) is 1.64. The number of carbonyl (C=O) groups excluding carboxylic acids is 1. The normalized spacial score (nSPS) is 10.7. The van der Waals surface area contributed by atoms with E-state index in [1.807, 2.05) is 25.5 Å². The van der Waals surface area contributed by atoms with E-state index in [0.29, 0.717) is 0 Å². The quantitative estimate of drug-likeness (QED) is 0.678. The van der Waals surface area contributed by atoms with Crippen molar-refractivity contribution in [2.75, 3.05) is 0 Å². The molecule has 0 N–H and O–H groups in total. The molecule has 0 aromatic heterocycles. The summed E-state index contributed by atoms with van der Waals surface area (Å²) >= 11 is -0.942. The van der Waals surface area contributed by atoms with Gasteiger partial charge >= 0.3 is 67.8 Å². The van der Waals surface area contributed by atoms with Gasteiger partial charge in [-0.15, -0.1) is 0 Å². The van der Waals surface area contributed by atoms with E-state index in [-0.39, 0.29) is 11.4 Å². The van der Waals surface area contributed by atoms with Gasteiger partial charge < -0.3 is 0 Å². The Morgan fingerprint density at radius 2 is 1.89 bits per heavy atom. The van der Waals surface area contributed by atoms with E-state index >= 15 is 0 Å². The zero-order valence-electron chi connectivity index (χ0n) is 6.39. The van der Waals surface area contributed by atoms with E-state index in [0.717, 1.165) is 0 Å². The number of hydrogen-bond donors (Lipinski definition) is 0. The Hall–Kier alpha value is 0.340. The average molecular weight is 231 g/mol. The summed E-state index contributed by atoms with van der Waals surface area (Å²) < 4.78 is 6.96. The minimum absolute atomic E-state index is 0.0498. The molecule has 3 heteroatoms. The molecule has 0 bridgehead atoms. The predicted molar refractivity (Wildman–Crippen MR) is 37.2 cm³/mol. The first-order chi connectivity index (χ1) is 3.98. The second-order valence-corrected chi connectivity index (χ2v) is 4.91. The maximum absolute atomic E-state index is 10.9. The van der Waals surface area contributed by atoms with Crippen molar-refractivity contribution in [2.45, 2.75) is 25.5 Å². The first-order valence-electron chi connectivity index (χ1n) is 2.97. The van der Waals surface area contributed by atoms with Crippen LogP contribution in [0.5, 0.6) is 0 Å². The van der Waals surface area contributed by atoms with Crippen LogP contribution in [-0.2, 0) is 7.65 Å². The van der Waals surface area contributed by atoms with Crippen LogP contribution in [-0.4, -0.2) is 29.3 Å². The summed E-state index contributed by atoms with van der Waals surface area (Å²) in [5.74, 6) is -0.0498. The van der Waals surface area contributed by atoms with Crippen LogP contribution >= 0.6 is 0 Å². The summed E-state index contributed by atoms with van der Waals surface area (Å²) in [7, 11) is 0. The van der Waals surface area contributed by atoms with Crippen LogP contribution in [0.3, 0.4) is 0 Å². The molecule has 0 saturated carbocycles. The van der Waals surface area contributed by atoms with Crippen molar-refractivity contribution in [1.82, 2.24) is 0 Å². The third-order valence-electron chi connectivity index (χ3n) is 0.837. The molecule has 0 spiro atoms. The van der Waals surface area contributed by atoms with E-state index in [1.165, 1.54) is 0 Å². The van der Waals surface area contributed by atoms with Crippen molar-refractivity contribution >= 4 is 29.3 Å². The molecule has 9 heavy (non-hydrogen) atoms. The topological polar surface area (TPSA) is 26.3 Å². The van der Waals surface area contributed by atoms with Gasteiger partial charge in [-0.05, 0) is 0 Å². The zero-order valence-corrected chi connectivity index (χ0v) is 9.69. The van der Waals surface area contributed by atoms with Gasteiger partial charge in [0.15, 0.2) is 0 Å². The molecule has 0 aromatic carbocycles. The Kier molecular flexibility index (Phi) is 3.63. The molecule has 51 valence electrons. The minimum atomic E-state index is -0.942. The van der Waals surface area contributed by atoms with Gasteiger partial charge in [0.25, 0.3) is 0 Å². The molecule has 0 aliphatic rings. The van der Waals surface area contributed by atoms with Crippen molar-refractivity contribution in [3.05, 3.63) is 0 Å². The molecule has 0 aliphatic heterocycles. The van der Waals surface area contributed by atoms with Crippen LogP contribution in [0.25, 0.3) is 0 Å². The van der Waals surface area contributed by atoms with Gasteiger partial charge in [-0.1, -0.05) is 0 Å². The Morgan fingerprint density at radius 3 is 2.00 bits per heavy atom. The summed E-state index contributed by atoms with van der Waals surface area (Å²) in [6.07, 6.45) is 0. The van der Waals surface area contributed by atoms with E-state index < -0.39 is 23.3 Å². The summed E-state index contributed by atoms with van der Waals surface area (Å²) in [5, 5.41) is 0. The van der Waals surface area contributed by atoms with Crippen molar-refractivity contribution in [1.29, 1.82) is 0 Å². The Labute approximate surface area is 67.9 Å². The molecule has 1 radical (unpaired) electrons. The molecule has 0 fully saturated rings. The monoisotopic (exact) mass is 231 g/mol. The van der Waals surface area contributed by atoms with Gasteiger partial charge in [-0.3, -0.25) is 0 Å². The molecule has 0 saturated heterocycles. The summed E-state index contributed by atoms with van der Waals surface area (Å²) in [6.45, 7) is 5.61. The first kappa shape index (κ1) is 9.34. The number of carbonyl (C=O) groups is 1. The van der Waals surface area contributed by atoms with E-state index in [9.17, 15) is 4.79 Å². The third kappa shape index (κ3) is 3.84. The molecule has 0 atom stereocenters. The van der Waals surface area contributed by atoms with E-state index in [2.05, 4.69) is 0 Å². The van der Waals surface area contributed by atoms with Gasteiger partial charge in [-0.2, -0.15) is 0 Å². The summed E-state index contributed by atoms with van der Waals surface area (Å²) in [5.41, 5.74) is -0.304. The van der Waals surface area contributed by atoms with Gasteiger partial charge in [0.1, 0.15) is 0 Å². The van der Waals surface area contributed by atoms with E-state index in [4.69, 9.17) is 2.85 Å². The first-order valence-corrected chi connectivity index (χ1v) is 7.61. The van der Waals surface area contributed by atoms with Gasteiger partial charge in [0.2, 0.25) is 0 Å². The van der Waals surface area contributed by atoms with Crippen molar-refractivity contribution in [2.24, 2.45) is 5.41 Å². The third-order valence-corrected chi connectivity index (χ3v) is 2.12. The van der Waals surface area contributed by atoms with Crippen molar-refractivity contribution in [3.63, 3.8) is 0 Å². The standard InChI is InChI=1S/C5H10O2.CH3.In/c1-5(2,3)4(6)7;;/h1-3H3,(H,6,7);1H3;/q;;+1/p-1. The second kappa shape index (κ2) is 3.49. The Bertz CT molecular complexity index is 104. The van der Waals surface area contributed by atoms with E-state index in [1.54, 1.807) is 0 Å². The molecule has 0 aliphatic carbocycles. The molecule has 0 aromatic rings. The Morgan fingerprint density at radius 1 is 1.44 bits per heavy atom. The van der Waals surface area contributed by atoms with Crippen LogP contribution in [0.2, 0.25) is 4.68 Å². The van der Waals surface area contributed by atoms with Crippen LogP contribution in [0.1, 0.15) is 20.8 Å². The molecule has 0 rings (SSSR count). The Balaban J connectivity index is 3.74.